The van der Waals surface area contributed by atoms with Crippen LogP contribution in [0.25, 0.3) is 0 Å². The Morgan fingerprint density at radius 2 is 2.05 bits per heavy atom. The predicted molar refractivity (Wildman–Crippen MR) is 88.8 cm³/mol. The number of thiazole rings is 1. The predicted octanol–water partition coefficient (Wildman–Crippen LogP) is 3.78. The van der Waals surface area contributed by atoms with E-state index in [1.165, 1.54) is 28.5 Å². The van der Waals surface area contributed by atoms with Gasteiger partial charge in [0.25, 0.3) is 0 Å². The van der Waals surface area contributed by atoms with E-state index in [1.807, 2.05) is 11.3 Å². The Bertz CT molecular complexity index is 443. The maximum Gasteiger partial charge on any atom is 0.185 e. The average molecular weight is 295 g/mol. The van der Waals surface area contributed by atoms with Gasteiger partial charge in [0, 0.05) is 29.9 Å². The Morgan fingerprint density at radius 3 is 2.55 bits per heavy atom. The molecule has 0 aromatic carbocycles. The first kappa shape index (κ1) is 15.8. The maximum absolute atomic E-state index is 4.97. The van der Waals surface area contributed by atoms with Gasteiger partial charge in [0.15, 0.2) is 5.13 Å². The lowest BCUT2D eigenvalue weighted by Gasteiger charge is -2.24. The summed E-state index contributed by atoms with van der Waals surface area (Å²) in [6.07, 6.45) is 2.76. The second-order valence-electron chi connectivity index (χ2n) is 6.99. The van der Waals surface area contributed by atoms with Gasteiger partial charge in [0.2, 0.25) is 0 Å². The van der Waals surface area contributed by atoms with E-state index in [2.05, 4.69) is 51.9 Å². The summed E-state index contributed by atoms with van der Waals surface area (Å²) in [5.41, 5.74) is 1.37. The zero-order chi connectivity index (χ0) is 14.9. The molecule has 0 radical (unpaired) electrons. The van der Waals surface area contributed by atoms with Crippen molar-refractivity contribution in [2.75, 3.05) is 18.5 Å². The lowest BCUT2D eigenvalue weighted by atomic mass is 9.91. The van der Waals surface area contributed by atoms with Gasteiger partial charge in [0.05, 0.1) is 5.69 Å². The highest BCUT2D eigenvalue weighted by molar-refractivity contribution is 7.15. The van der Waals surface area contributed by atoms with Gasteiger partial charge >= 0.3 is 0 Å². The first-order valence-electron chi connectivity index (χ1n) is 7.78. The highest BCUT2D eigenvalue weighted by Crippen LogP contribution is 2.39. The number of anilines is 1. The summed E-state index contributed by atoms with van der Waals surface area (Å²) in [4.78, 5) is 8.74. The van der Waals surface area contributed by atoms with Crippen LogP contribution in [0.1, 0.15) is 58.0 Å². The molecule has 0 aliphatic heterocycles. The van der Waals surface area contributed by atoms with Gasteiger partial charge in [0.1, 0.15) is 0 Å². The zero-order valence-electron chi connectivity index (χ0n) is 13.8. The van der Waals surface area contributed by atoms with Gasteiger partial charge in [-0.3, -0.25) is 0 Å². The number of hydrogen-bond donors (Lipinski definition) is 1. The van der Waals surface area contributed by atoms with Crippen molar-refractivity contribution in [1.82, 2.24) is 10.3 Å². The molecule has 1 N–H and O–H groups in total. The summed E-state index contributed by atoms with van der Waals surface area (Å²) in [5, 5.41) is 4.63. The van der Waals surface area contributed by atoms with Gasteiger partial charge in [-0.2, -0.15) is 0 Å². The van der Waals surface area contributed by atoms with Crippen LogP contribution in [-0.2, 0) is 12.0 Å². The molecule has 1 fully saturated rings. The van der Waals surface area contributed by atoms with Crippen LogP contribution in [0.5, 0.6) is 0 Å². The van der Waals surface area contributed by atoms with Crippen LogP contribution in [0, 0.1) is 5.92 Å². The smallest absolute Gasteiger partial charge is 0.185 e. The van der Waals surface area contributed by atoms with Crippen molar-refractivity contribution in [2.24, 2.45) is 5.92 Å². The molecule has 20 heavy (non-hydrogen) atoms. The van der Waals surface area contributed by atoms with Crippen molar-refractivity contribution < 1.29 is 0 Å². The number of rotatable bonds is 6. The first-order chi connectivity index (χ1) is 9.34. The number of nitrogens with zero attached hydrogens (tertiary/aromatic N) is 2. The fraction of sp³-hybridized carbons (Fsp3) is 0.812. The molecular weight excluding hydrogens is 266 g/mol. The quantitative estimate of drug-likeness (QED) is 0.865. The third kappa shape index (κ3) is 3.53. The van der Waals surface area contributed by atoms with Crippen LogP contribution in [0.2, 0.25) is 0 Å². The van der Waals surface area contributed by atoms with Crippen LogP contribution in [0.3, 0.4) is 0 Å². The topological polar surface area (TPSA) is 28.2 Å². The lowest BCUT2D eigenvalue weighted by Crippen LogP contribution is -2.30. The zero-order valence-corrected chi connectivity index (χ0v) is 14.6. The van der Waals surface area contributed by atoms with Crippen molar-refractivity contribution >= 4 is 16.5 Å². The van der Waals surface area contributed by atoms with Crippen LogP contribution in [0.4, 0.5) is 5.13 Å². The van der Waals surface area contributed by atoms with Crippen molar-refractivity contribution in [3.05, 3.63) is 10.6 Å². The van der Waals surface area contributed by atoms with Crippen molar-refractivity contribution in [2.45, 2.75) is 65.5 Å². The molecule has 1 aromatic rings. The molecule has 3 nitrogen and oxygen atoms in total. The molecule has 1 saturated carbocycles. The third-order valence-electron chi connectivity index (χ3n) is 4.15. The molecule has 1 atom stereocenters. The van der Waals surface area contributed by atoms with Crippen molar-refractivity contribution in [1.29, 1.82) is 0 Å². The molecule has 0 amide bonds. The molecule has 4 heteroatoms. The van der Waals surface area contributed by atoms with Gasteiger partial charge in [-0.1, -0.05) is 27.7 Å². The molecule has 2 rings (SSSR count). The van der Waals surface area contributed by atoms with Crippen LogP contribution < -0.4 is 10.2 Å². The van der Waals surface area contributed by atoms with E-state index in [0.717, 1.165) is 19.0 Å². The summed E-state index contributed by atoms with van der Waals surface area (Å²) in [5.74, 6) is 0.874. The van der Waals surface area contributed by atoms with Gasteiger partial charge in [-0.05, 0) is 32.2 Å². The minimum Gasteiger partial charge on any atom is -0.348 e. The largest absolute Gasteiger partial charge is 0.348 e. The Labute approximate surface area is 127 Å². The summed E-state index contributed by atoms with van der Waals surface area (Å²) in [6, 6.07) is 0.612. The summed E-state index contributed by atoms with van der Waals surface area (Å²) >= 11 is 1.86. The van der Waals surface area contributed by atoms with E-state index < -0.39 is 0 Å². The van der Waals surface area contributed by atoms with Crippen molar-refractivity contribution in [3.8, 4) is 0 Å². The lowest BCUT2D eigenvalue weighted by molar-refractivity contribution is 0.557. The summed E-state index contributed by atoms with van der Waals surface area (Å²) in [6.45, 7) is 13.2. The molecule has 0 saturated heterocycles. The van der Waals surface area contributed by atoms with E-state index in [-0.39, 0.29) is 5.41 Å². The standard InChI is InChI=1S/C16H29N3S/c1-7-17-10-13-14(16(3,4)5)18-15(20-13)19(6)11(2)12-8-9-12/h11-12,17H,7-10H2,1-6H3. The SMILES string of the molecule is CCNCc1sc(N(C)C(C)C2CC2)nc1C(C)(C)C. The summed E-state index contributed by atoms with van der Waals surface area (Å²) < 4.78 is 0. The highest BCUT2D eigenvalue weighted by atomic mass is 32.1. The molecule has 0 bridgehead atoms. The first-order valence-corrected chi connectivity index (χ1v) is 8.60. The molecule has 0 spiro atoms. The monoisotopic (exact) mass is 295 g/mol. The minimum absolute atomic E-state index is 0.114. The molecular formula is C16H29N3S. The van der Waals surface area contributed by atoms with E-state index in [4.69, 9.17) is 4.98 Å². The number of hydrogen-bond acceptors (Lipinski definition) is 4. The second-order valence-corrected chi connectivity index (χ2v) is 8.05. The molecule has 1 aliphatic carbocycles. The van der Waals surface area contributed by atoms with E-state index >= 15 is 0 Å². The van der Waals surface area contributed by atoms with Gasteiger partial charge in [-0.25, -0.2) is 4.98 Å². The molecule has 114 valence electrons. The maximum atomic E-state index is 4.97. The average Bonchev–Trinajstić information content (AvgIpc) is 3.13. The van der Waals surface area contributed by atoms with E-state index in [9.17, 15) is 0 Å². The highest BCUT2D eigenvalue weighted by Gasteiger charge is 2.32. The van der Waals surface area contributed by atoms with Gasteiger partial charge < -0.3 is 10.2 Å². The van der Waals surface area contributed by atoms with E-state index in [1.54, 1.807) is 0 Å². The Morgan fingerprint density at radius 1 is 1.40 bits per heavy atom. The molecule has 1 unspecified atom stereocenters. The van der Waals surface area contributed by atoms with Crippen LogP contribution in [0.15, 0.2) is 0 Å². The summed E-state index contributed by atoms with van der Waals surface area (Å²) in [7, 11) is 2.20. The molecule has 1 heterocycles. The second kappa shape index (κ2) is 6.02. The number of aromatic nitrogens is 1. The minimum atomic E-state index is 0.114. The van der Waals surface area contributed by atoms with E-state index in [0.29, 0.717) is 6.04 Å². The molecule has 1 aliphatic rings. The Balaban J connectivity index is 2.22. The number of nitrogens with one attached hydrogen (secondary N) is 1. The Kier molecular flexibility index (Phi) is 4.75. The molecule has 1 aromatic heterocycles. The van der Waals surface area contributed by atoms with Crippen LogP contribution in [-0.4, -0.2) is 24.6 Å². The van der Waals surface area contributed by atoms with Crippen molar-refractivity contribution in [3.63, 3.8) is 0 Å². The van der Waals surface area contributed by atoms with Gasteiger partial charge in [-0.15, -0.1) is 11.3 Å². The third-order valence-corrected chi connectivity index (χ3v) is 5.29. The van der Waals surface area contributed by atoms with Crippen LogP contribution >= 0.6 is 11.3 Å². The normalized spacial score (nSPS) is 17.3. The Hall–Kier alpha value is -0.610. The fourth-order valence-corrected chi connectivity index (χ4v) is 3.79. The fourth-order valence-electron chi connectivity index (χ4n) is 2.50.